The Balaban J connectivity index is 1.89. The van der Waals surface area contributed by atoms with Gasteiger partial charge in [0.1, 0.15) is 5.75 Å². The maximum atomic E-state index is 13.6. The fraction of sp³-hybridized carbons (Fsp3) is 0.435. The van der Waals surface area contributed by atoms with Gasteiger partial charge >= 0.3 is 0 Å². The second-order valence-corrected chi connectivity index (χ2v) is 9.02. The van der Waals surface area contributed by atoms with Gasteiger partial charge in [0, 0.05) is 5.92 Å². The van der Waals surface area contributed by atoms with Crippen LogP contribution in [0.25, 0.3) is 6.08 Å². The van der Waals surface area contributed by atoms with Crippen molar-refractivity contribution in [1.29, 1.82) is 0 Å². The third kappa shape index (κ3) is 2.67. The Hall–Kier alpha value is -3.17. The topological polar surface area (TPSA) is 155 Å². The number of rotatable bonds is 3. The van der Waals surface area contributed by atoms with Crippen molar-refractivity contribution in [2.75, 3.05) is 14.1 Å². The normalized spacial score (nSPS) is 34.1. The van der Waals surface area contributed by atoms with E-state index in [4.69, 9.17) is 5.73 Å². The summed E-state index contributed by atoms with van der Waals surface area (Å²) in [5, 5.41) is 21.8. The summed E-state index contributed by atoms with van der Waals surface area (Å²) in [5.74, 6) is -10.4. The molecule has 0 spiro atoms. The first-order valence-corrected chi connectivity index (χ1v) is 10.3. The number of carbonyl (C=O) groups excluding carboxylic acids is 5. The molecule has 0 heterocycles. The Morgan fingerprint density at radius 1 is 1.22 bits per heavy atom. The van der Waals surface area contributed by atoms with E-state index in [1.54, 1.807) is 26.2 Å². The summed E-state index contributed by atoms with van der Waals surface area (Å²) in [7, 11) is 3.09. The molecule has 0 radical (unpaired) electrons. The molecule has 4 rings (SSSR count). The largest absolute Gasteiger partial charge is 0.507 e. The smallest absolute Gasteiger partial charge is 0.235 e. The van der Waals surface area contributed by atoms with Crippen LogP contribution in [0.1, 0.15) is 27.9 Å². The van der Waals surface area contributed by atoms with Gasteiger partial charge in [-0.25, -0.2) is 0 Å². The molecule has 0 saturated heterocycles. The summed E-state index contributed by atoms with van der Waals surface area (Å²) in [6, 6.07) is 1.83. The van der Waals surface area contributed by atoms with Gasteiger partial charge in [0.2, 0.25) is 5.91 Å². The van der Waals surface area contributed by atoms with E-state index in [1.165, 1.54) is 11.0 Å². The maximum absolute atomic E-state index is 13.6. The van der Waals surface area contributed by atoms with Crippen molar-refractivity contribution in [3.05, 3.63) is 35.4 Å². The van der Waals surface area contributed by atoms with Crippen LogP contribution in [-0.2, 0) is 25.6 Å². The third-order valence-electron chi connectivity index (χ3n) is 7.20. The number of phenols is 1. The first-order valence-electron chi connectivity index (χ1n) is 10.3. The van der Waals surface area contributed by atoms with E-state index < -0.39 is 64.4 Å². The van der Waals surface area contributed by atoms with Gasteiger partial charge in [-0.15, -0.1) is 0 Å². The minimum atomic E-state index is -2.71. The molecule has 3 aliphatic carbocycles. The number of likely N-dealkylation sites (N-methyl/N-ethyl adjacent to an activating group) is 1. The van der Waals surface area contributed by atoms with E-state index in [9.17, 15) is 34.2 Å². The predicted molar refractivity (Wildman–Crippen MR) is 111 cm³/mol. The fourth-order valence-electron chi connectivity index (χ4n) is 5.82. The predicted octanol–water partition coefficient (Wildman–Crippen LogP) is -0.490. The quantitative estimate of drug-likeness (QED) is 0.532. The lowest BCUT2D eigenvalue weighted by Crippen LogP contribution is -2.74. The molecular weight excluding hydrogens is 416 g/mol. The molecule has 2 fully saturated rings. The first-order chi connectivity index (χ1) is 15.0. The summed E-state index contributed by atoms with van der Waals surface area (Å²) < 4.78 is 0. The van der Waals surface area contributed by atoms with Gasteiger partial charge in [-0.2, -0.15) is 0 Å². The number of carbonyl (C=O) groups is 5. The molecule has 9 nitrogen and oxygen atoms in total. The van der Waals surface area contributed by atoms with Gasteiger partial charge in [-0.3, -0.25) is 28.9 Å². The van der Waals surface area contributed by atoms with Crippen molar-refractivity contribution in [1.82, 2.24) is 4.90 Å². The Labute approximate surface area is 183 Å². The number of ketones is 4. The molecule has 1 aromatic carbocycles. The lowest BCUT2D eigenvalue weighted by Gasteiger charge is -2.52. The number of hydrogen-bond acceptors (Lipinski definition) is 8. The molecule has 4 N–H and O–H groups in total. The van der Waals surface area contributed by atoms with E-state index in [0.717, 1.165) is 0 Å². The lowest BCUT2D eigenvalue weighted by molar-refractivity contribution is -0.181. The molecule has 168 valence electrons. The van der Waals surface area contributed by atoms with Gasteiger partial charge in [0.15, 0.2) is 34.7 Å². The van der Waals surface area contributed by atoms with E-state index in [0.29, 0.717) is 11.1 Å². The Morgan fingerprint density at radius 2 is 1.88 bits per heavy atom. The zero-order valence-corrected chi connectivity index (χ0v) is 17.7. The molecule has 0 aliphatic heterocycles. The number of aliphatic hydroxyl groups is 1. The summed E-state index contributed by atoms with van der Waals surface area (Å²) in [6.07, 6.45) is 1.79. The molecule has 32 heavy (non-hydrogen) atoms. The minimum Gasteiger partial charge on any atom is -0.507 e. The van der Waals surface area contributed by atoms with Crippen LogP contribution < -0.4 is 5.73 Å². The number of benzene rings is 1. The fourth-order valence-corrected chi connectivity index (χ4v) is 5.82. The number of nitrogens with two attached hydrogens (primary N) is 1. The van der Waals surface area contributed by atoms with Crippen LogP contribution in [0.2, 0.25) is 0 Å². The van der Waals surface area contributed by atoms with Crippen LogP contribution in [0.4, 0.5) is 0 Å². The van der Waals surface area contributed by atoms with Crippen LogP contribution >= 0.6 is 0 Å². The number of aromatic hydroxyl groups is 1. The van der Waals surface area contributed by atoms with Crippen LogP contribution in [-0.4, -0.2) is 69.9 Å². The summed E-state index contributed by atoms with van der Waals surface area (Å²) in [4.78, 5) is 66.4. The lowest BCUT2D eigenvalue weighted by atomic mass is 9.52. The molecule has 9 heteroatoms. The SMILES string of the molecule is C=Cc1ccc(O)c2c1C[C@H]1C[C@H]3[C@H](N(C)C)C(=O)C(C(N)=O)C(=O)[C@@]3(O)C(=O)C1C2=O. The Morgan fingerprint density at radius 3 is 2.44 bits per heavy atom. The molecule has 2 saturated carbocycles. The van der Waals surface area contributed by atoms with Crippen LogP contribution in [0, 0.1) is 23.7 Å². The molecular formula is C23H24N2O7. The number of amides is 1. The molecule has 2 unspecified atom stereocenters. The zero-order chi connectivity index (χ0) is 23.7. The first kappa shape index (κ1) is 22.0. The molecule has 1 aromatic rings. The molecule has 0 bridgehead atoms. The van der Waals surface area contributed by atoms with Gasteiger partial charge in [0.25, 0.3) is 0 Å². The Bertz CT molecular complexity index is 1110. The molecule has 3 aliphatic rings. The van der Waals surface area contributed by atoms with Gasteiger partial charge in [-0.05, 0) is 50.0 Å². The highest BCUT2D eigenvalue weighted by Gasteiger charge is 2.69. The van der Waals surface area contributed by atoms with Crippen molar-refractivity contribution >= 4 is 35.1 Å². The van der Waals surface area contributed by atoms with Crippen LogP contribution in [0.5, 0.6) is 5.75 Å². The van der Waals surface area contributed by atoms with E-state index >= 15 is 0 Å². The second kappa shape index (κ2) is 7.18. The van der Waals surface area contributed by atoms with E-state index in [-0.39, 0.29) is 24.2 Å². The van der Waals surface area contributed by atoms with Gasteiger partial charge in [0.05, 0.1) is 17.5 Å². The number of Topliss-reactive ketones (excluding diaryl/α,β-unsaturated/α-hetero) is 4. The van der Waals surface area contributed by atoms with Crippen molar-refractivity contribution in [3.8, 4) is 5.75 Å². The van der Waals surface area contributed by atoms with Crippen LogP contribution in [0.3, 0.4) is 0 Å². The number of nitrogens with zero attached hydrogens (tertiary/aromatic N) is 1. The third-order valence-corrected chi connectivity index (χ3v) is 7.20. The van der Waals surface area contributed by atoms with Crippen molar-refractivity contribution in [3.63, 3.8) is 0 Å². The summed E-state index contributed by atoms with van der Waals surface area (Å²) in [5.41, 5.74) is 3.71. The van der Waals surface area contributed by atoms with Gasteiger partial charge < -0.3 is 15.9 Å². The number of primary amides is 1. The number of fused-ring (bicyclic) bond motifs is 3. The van der Waals surface area contributed by atoms with Gasteiger partial charge in [-0.1, -0.05) is 18.7 Å². The highest BCUT2D eigenvalue weighted by atomic mass is 16.3. The number of hydrogen-bond donors (Lipinski definition) is 3. The van der Waals surface area contributed by atoms with E-state index in [2.05, 4.69) is 6.58 Å². The Kier molecular flexibility index (Phi) is 4.94. The molecule has 6 atom stereocenters. The highest BCUT2D eigenvalue weighted by molar-refractivity contribution is 6.32. The molecule has 0 aromatic heterocycles. The maximum Gasteiger partial charge on any atom is 0.235 e. The monoisotopic (exact) mass is 440 g/mol. The van der Waals surface area contributed by atoms with E-state index in [1.807, 2.05) is 0 Å². The average Bonchev–Trinajstić information content (AvgIpc) is 2.70. The standard InChI is InChI=1S/C23H24N2O7/c1-4-9-5-6-13(26)15-11(9)7-10-8-12-17(25(2)3)19(28)16(22(24)31)21(30)23(12,32)20(29)14(10)18(15)27/h4-6,10,12,14,16-17,26,32H,1,7-8H2,2-3H3,(H2,24,31)/t10-,12-,14?,16?,17-,23-/m0/s1. The summed E-state index contributed by atoms with van der Waals surface area (Å²) in [6.45, 7) is 3.73. The molecule has 1 amide bonds. The van der Waals surface area contributed by atoms with Crippen molar-refractivity contribution in [2.45, 2.75) is 24.5 Å². The number of phenolic OH excluding ortho intramolecular Hbond substituents is 1. The van der Waals surface area contributed by atoms with Crippen molar-refractivity contribution in [2.24, 2.45) is 29.4 Å². The average molecular weight is 440 g/mol. The highest BCUT2D eigenvalue weighted by Crippen LogP contribution is 2.51. The van der Waals surface area contributed by atoms with Crippen LogP contribution in [0.15, 0.2) is 18.7 Å². The summed E-state index contributed by atoms with van der Waals surface area (Å²) >= 11 is 0. The minimum absolute atomic E-state index is 0.0239. The zero-order valence-electron chi connectivity index (χ0n) is 17.7. The van der Waals surface area contributed by atoms with Crippen molar-refractivity contribution < 1.29 is 34.2 Å². The second-order valence-electron chi connectivity index (χ2n) is 9.02.